The lowest BCUT2D eigenvalue weighted by atomic mass is 9.93. The summed E-state index contributed by atoms with van der Waals surface area (Å²) in [5.74, 6) is 1.76. The molecule has 1 aromatic heterocycles. The standard InChI is InChI=1S/C13H22N2S/c1-4-11-5-6-13(9(11)2)15-8-12-7-14-10(3)16-12/h7,9,11,13,15H,4-6,8H2,1-3H3. The topological polar surface area (TPSA) is 24.9 Å². The average molecular weight is 238 g/mol. The molecule has 1 fully saturated rings. The molecule has 0 amide bonds. The maximum absolute atomic E-state index is 4.29. The molecule has 16 heavy (non-hydrogen) atoms. The SMILES string of the molecule is CCC1CCC(NCc2cnc(C)s2)C1C. The summed E-state index contributed by atoms with van der Waals surface area (Å²) in [6.07, 6.45) is 6.08. The third-order valence-electron chi connectivity index (χ3n) is 3.96. The van der Waals surface area contributed by atoms with Crippen molar-refractivity contribution < 1.29 is 0 Å². The van der Waals surface area contributed by atoms with Crippen LogP contribution in [-0.2, 0) is 6.54 Å². The molecule has 0 bridgehead atoms. The molecule has 3 unspecified atom stereocenters. The molecule has 3 atom stereocenters. The molecule has 1 aliphatic rings. The molecule has 1 aromatic rings. The molecule has 2 nitrogen and oxygen atoms in total. The first kappa shape index (κ1) is 12.1. The minimum Gasteiger partial charge on any atom is -0.309 e. The van der Waals surface area contributed by atoms with Crippen molar-refractivity contribution >= 4 is 11.3 Å². The van der Waals surface area contributed by atoms with Gasteiger partial charge in [-0.25, -0.2) is 4.98 Å². The fourth-order valence-corrected chi connectivity index (χ4v) is 3.58. The van der Waals surface area contributed by atoms with Gasteiger partial charge in [-0.15, -0.1) is 11.3 Å². The van der Waals surface area contributed by atoms with Gasteiger partial charge in [0, 0.05) is 23.7 Å². The second-order valence-corrected chi connectivity index (χ2v) is 6.26. The van der Waals surface area contributed by atoms with Crippen LogP contribution in [0.25, 0.3) is 0 Å². The van der Waals surface area contributed by atoms with Gasteiger partial charge in [0.15, 0.2) is 0 Å². The number of aromatic nitrogens is 1. The molecular formula is C13H22N2S. The number of aryl methyl sites for hydroxylation is 1. The molecular weight excluding hydrogens is 216 g/mol. The Morgan fingerprint density at radius 1 is 1.50 bits per heavy atom. The first-order chi connectivity index (χ1) is 7.70. The van der Waals surface area contributed by atoms with Gasteiger partial charge >= 0.3 is 0 Å². The quantitative estimate of drug-likeness (QED) is 0.870. The molecule has 90 valence electrons. The fraction of sp³-hybridized carbons (Fsp3) is 0.769. The minimum absolute atomic E-state index is 0.715. The summed E-state index contributed by atoms with van der Waals surface area (Å²) in [5.41, 5.74) is 0. The van der Waals surface area contributed by atoms with E-state index in [-0.39, 0.29) is 0 Å². The van der Waals surface area contributed by atoms with Crippen LogP contribution in [0, 0.1) is 18.8 Å². The van der Waals surface area contributed by atoms with Crippen LogP contribution in [0.3, 0.4) is 0 Å². The predicted molar refractivity (Wildman–Crippen MR) is 69.7 cm³/mol. The van der Waals surface area contributed by atoms with Crippen molar-refractivity contribution in [2.45, 2.75) is 52.6 Å². The number of nitrogens with one attached hydrogen (secondary N) is 1. The van der Waals surface area contributed by atoms with Crippen LogP contribution in [0.1, 0.15) is 43.0 Å². The van der Waals surface area contributed by atoms with E-state index in [9.17, 15) is 0 Å². The number of nitrogens with zero attached hydrogens (tertiary/aromatic N) is 1. The van der Waals surface area contributed by atoms with Gasteiger partial charge in [-0.3, -0.25) is 0 Å². The highest BCUT2D eigenvalue weighted by atomic mass is 32.1. The van der Waals surface area contributed by atoms with Crippen molar-refractivity contribution in [3.05, 3.63) is 16.1 Å². The van der Waals surface area contributed by atoms with Crippen molar-refractivity contribution in [2.24, 2.45) is 11.8 Å². The van der Waals surface area contributed by atoms with Crippen molar-refractivity contribution in [1.82, 2.24) is 10.3 Å². The lowest BCUT2D eigenvalue weighted by Gasteiger charge is -2.20. The summed E-state index contributed by atoms with van der Waals surface area (Å²) in [7, 11) is 0. The van der Waals surface area contributed by atoms with E-state index in [4.69, 9.17) is 0 Å². The molecule has 0 radical (unpaired) electrons. The summed E-state index contributed by atoms with van der Waals surface area (Å²) in [4.78, 5) is 5.66. The zero-order valence-electron chi connectivity index (χ0n) is 10.5. The van der Waals surface area contributed by atoms with E-state index in [0.717, 1.165) is 18.4 Å². The second kappa shape index (κ2) is 5.28. The monoisotopic (exact) mass is 238 g/mol. The van der Waals surface area contributed by atoms with Crippen LogP contribution in [0.4, 0.5) is 0 Å². The van der Waals surface area contributed by atoms with E-state index in [1.165, 1.54) is 29.1 Å². The number of hydrogen-bond acceptors (Lipinski definition) is 3. The van der Waals surface area contributed by atoms with E-state index >= 15 is 0 Å². The van der Waals surface area contributed by atoms with Crippen molar-refractivity contribution in [3.8, 4) is 0 Å². The molecule has 1 saturated carbocycles. The first-order valence-corrected chi connectivity index (χ1v) is 7.17. The lowest BCUT2D eigenvalue weighted by molar-refractivity contribution is 0.345. The molecule has 1 N–H and O–H groups in total. The van der Waals surface area contributed by atoms with Crippen LogP contribution >= 0.6 is 11.3 Å². The normalized spacial score (nSPS) is 29.8. The molecule has 2 rings (SSSR count). The van der Waals surface area contributed by atoms with Crippen LogP contribution in [0.2, 0.25) is 0 Å². The minimum atomic E-state index is 0.715. The maximum atomic E-state index is 4.29. The van der Waals surface area contributed by atoms with Crippen molar-refractivity contribution in [3.63, 3.8) is 0 Å². The van der Waals surface area contributed by atoms with E-state index in [1.54, 1.807) is 11.3 Å². The highest BCUT2D eigenvalue weighted by molar-refractivity contribution is 7.11. The summed E-state index contributed by atoms with van der Waals surface area (Å²) in [6, 6.07) is 0.715. The van der Waals surface area contributed by atoms with Crippen LogP contribution in [0.15, 0.2) is 6.20 Å². The summed E-state index contributed by atoms with van der Waals surface area (Å²) in [6.45, 7) is 7.78. The number of hydrogen-bond donors (Lipinski definition) is 1. The molecule has 0 aliphatic heterocycles. The Balaban J connectivity index is 1.83. The van der Waals surface area contributed by atoms with Crippen molar-refractivity contribution in [2.75, 3.05) is 0 Å². The molecule has 0 saturated heterocycles. The predicted octanol–water partition coefficient (Wildman–Crippen LogP) is 3.37. The molecule has 0 spiro atoms. The van der Waals surface area contributed by atoms with Gasteiger partial charge in [0.1, 0.15) is 0 Å². The number of rotatable bonds is 4. The van der Waals surface area contributed by atoms with E-state index in [0.29, 0.717) is 6.04 Å². The molecule has 0 aromatic carbocycles. The van der Waals surface area contributed by atoms with Gasteiger partial charge in [0.25, 0.3) is 0 Å². The number of thiazole rings is 1. The third kappa shape index (κ3) is 2.64. The van der Waals surface area contributed by atoms with E-state index < -0.39 is 0 Å². The largest absolute Gasteiger partial charge is 0.309 e. The van der Waals surface area contributed by atoms with Gasteiger partial charge in [0.05, 0.1) is 5.01 Å². The summed E-state index contributed by atoms with van der Waals surface area (Å²) in [5, 5.41) is 4.86. The smallest absolute Gasteiger partial charge is 0.0897 e. The Kier molecular flexibility index (Phi) is 3.98. The lowest BCUT2D eigenvalue weighted by Crippen LogP contribution is -2.31. The first-order valence-electron chi connectivity index (χ1n) is 6.35. The Labute approximate surface area is 102 Å². The van der Waals surface area contributed by atoms with E-state index in [1.807, 2.05) is 6.20 Å². The highest BCUT2D eigenvalue weighted by Gasteiger charge is 2.30. The average Bonchev–Trinajstić information content (AvgIpc) is 2.83. The van der Waals surface area contributed by atoms with Gasteiger partial charge in [-0.05, 0) is 31.6 Å². The Morgan fingerprint density at radius 2 is 2.31 bits per heavy atom. The zero-order chi connectivity index (χ0) is 11.5. The third-order valence-corrected chi connectivity index (χ3v) is 4.87. The fourth-order valence-electron chi connectivity index (χ4n) is 2.83. The van der Waals surface area contributed by atoms with Crippen LogP contribution in [-0.4, -0.2) is 11.0 Å². The zero-order valence-corrected chi connectivity index (χ0v) is 11.3. The van der Waals surface area contributed by atoms with Gasteiger partial charge in [-0.1, -0.05) is 20.3 Å². The van der Waals surface area contributed by atoms with Crippen LogP contribution in [0.5, 0.6) is 0 Å². The Bertz CT molecular complexity index is 334. The molecule has 1 aliphatic carbocycles. The van der Waals surface area contributed by atoms with Gasteiger partial charge in [-0.2, -0.15) is 0 Å². The van der Waals surface area contributed by atoms with Crippen LogP contribution < -0.4 is 5.32 Å². The maximum Gasteiger partial charge on any atom is 0.0897 e. The Morgan fingerprint density at radius 3 is 2.88 bits per heavy atom. The summed E-state index contributed by atoms with van der Waals surface area (Å²) < 4.78 is 0. The van der Waals surface area contributed by atoms with Crippen molar-refractivity contribution in [1.29, 1.82) is 0 Å². The van der Waals surface area contributed by atoms with E-state index in [2.05, 4.69) is 31.1 Å². The summed E-state index contributed by atoms with van der Waals surface area (Å²) >= 11 is 1.81. The second-order valence-electron chi connectivity index (χ2n) is 4.94. The van der Waals surface area contributed by atoms with Gasteiger partial charge in [0.2, 0.25) is 0 Å². The van der Waals surface area contributed by atoms with Gasteiger partial charge < -0.3 is 5.32 Å². The highest BCUT2D eigenvalue weighted by Crippen LogP contribution is 2.34. The Hall–Kier alpha value is -0.410. The molecule has 1 heterocycles. The molecule has 3 heteroatoms.